The summed E-state index contributed by atoms with van der Waals surface area (Å²) in [4.78, 5) is 17.8. The van der Waals surface area contributed by atoms with Gasteiger partial charge in [-0.15, -0.1) is 0 Å². The molecule has 3 aromatic rings. The van der Waals surface area contributed by atoms with Crippen LogP contribution in [0.2, 0.25) is 5.02 Å². The zero-order valence-electron chi connectivity index (χ0n) is 19.9. The smallest absolute Gasteiger partial charge is 0.226 e. The van der Waals surface area contributed by atoms with Crippen molar-refractivity contribution in [2.24, 2.45) is 5.92 Å². The first-order chi connectivity index (χ1) is 16.5. The topological polar surface area (TPSA) is 79.2 Å². The summed E-state index contributed by atoms with van der Waals surface area (Å²) < 4.78 is 5.96. The highest BCUT2D eigenvalue weighted by molar-refractivity contribution is 6.30. The number of aromatic nitrogens is 1. The van der Waals surface area contributed by atoms with E-state index < -0.39 is 0 Å². The van der Waals surface area contributed by atoms with E-state index in [1.165, 1.54) is 5.56 Å². The molecule has 0 aliphatic carbocycles. The van der Waals surface area contributed by atoms with Gasteiger partial charge in [0.05, 0.1) is 5.69 Å². The summed E-state index contributed by atoms with van der Waals surface area (Å²) in [7, 11) is 0. The number of piperidine rings is 1. The maximum atomic E-state index is 13.0. The van der Waals surface area contributed by atoms with E-state index in [0.29, 0.717) is 17.3 Å². The van der Waals surface area contributed by atoms with Crippen LogP contribution in [0.15, 0.2) is 52.9 Å². The predicted molar refractivity (Wildman–Crippen MR) is 137 cm³/mol. The van der Waals surface area contributed by atoms with Gasteiger partial charge in [-0.05, 0) is 82.6 Å². The number of oxazole rings is 1. The van der Waals surface area contributed by atoms with E-state index in [9.17, 15) is 4.79 Å². The van der Waals surface area contributed by atoms with E-state index in [2.05, 4.69) is 47.1 Å². The number of nitrogens with one attached hydrogen (secondary N) is 3. The Morgan fingerprint density at radius 3 is 2.53 bits per heavy atom. The molecule has 0 spiro atoms. The Labute approximate surface area is 206 Å². The van der Waals surface area contributed by atoms with Crippen molar-refractivity contribution in [2.45, 2.75) is 45.6 Å². The van der Waals surface area contributed by atoms with Gasteiger partial charge in [0.25, 0.3) is 0 Å². The summed E-state index contributed by atoms with van der Waals surface area (Å²) in [6.45, 7) is 6.54. The normalized spacial score (nSPS) is 15.1. The first-order valence-corrected chi connectivity index (χ1v) is 12.4. The summed E-state index contributed by atoms with van der Waals surface area (Å²) in [6, 6.07) is 15.8. The molecular formula is C27H33ClN4O2. The maximum Gasteiger partial charge on any atom is 0.226 e. The van der Waals surface area contributed by atoms with Gasteiger partial charge in [-0.2, -0.15) is 0 Å². The fourth-order valence-corrected chi connectivity index (χ4v) is 4.38. The number of hydrogen-bond acceptors (Lipinski definition) is 5. The van der Waals surface area contributed by atoms with Crippen LogP contribution in [0.3, 0.4) is 0 Å². The van der Waals surface area contributed by atoms with Gasteiger partial charge in [0.1, 0.15) is 5.76 Å². The molecule has 1 saturated heterocycles. The van der Waals surface area contributed by atoms with E-state index in [0.717, 1.165) is 61.6 Å². The summed E-state index contributed by atoms with van der Waals surface area (Å²) in [6.07, 6.45) is 3.16. The molecule has 1 amide bonds. The molecule has 1 atom stereocenters. The number of amides is 1. The van der Waals surface area contributed by atoms with Crippen molar-refractivity contribution in [3.63, 3.8) is 0 Å². The van der Waals surface area contributed by atoms with E-state index in [-0.39, 0.29) is 17.9 Å². The van der Waals surface area contributed by atoms with Gasteiger partial charge < -0.3 is 20.4 Å². The zero-order valence-corrected chi connectivity index (χ0v) is 20.6. The van der Waals surface area contributed by atoms with Crippen molar-refractivity contribution in [1.29, 1.82) is 0 Å². The molecule has 1 fully saturated rings. The van der Waals surface area contributed by atoms with Crippen LogP contribution in [0.25, 0.3) is 11.5 Å². The molecule has 7 heteroatoms. The van der Waals surface area contributed by atoms with Crippen LogP contribution in [0.5, 0.6) is 0 Å². The molecule has 34 heavy (non-hydrogen) atoms. The number of carbonyl (C=O) groups is 1. The van der Waals surface area contributed by atoms with E-state index in [1.54, 1.807) is 0 Å². The summed E-state index contributed by atoms with van der Waals surface area (Å²) >= 11 is 6.02. The standard InChI is InChI=1S/C27H33ClN4O2/c1-18-3-9-23(10-4-18)30-16-13-24(31-26(33)20-11-14-29-15-12-20)17-25-19(2)34-27(32-25)21-5-7-22(28)8-6-21/h3-10,20,24,29-30H,11-17H2,1-2H3,(H,31,33). The van der Waals surface area contributed by atoms with Crippen molar-refractivity contribution in [2.75, 3.05) is 25.0 Å². The fraction of sp³-hybridized carbons (Fsp3) is 0.407. The lowest BCUT2D eigenvalue weighted by Gasteiger charge is -2.25. The minimum absolute atomic E-state index is 0.0396. The van der Waals surface area contributed by atoms with E-state index >= 15 is 0 Å². The van der Waals surface area contributed by atoms with Crippen LogP contribution in [0, 0.1) is 19.8 Å². The number of rotatable bonds is 9. The number of aryl methyl sites for hydroxylation is 2. The van der Waals surface area contributed by atoms with Gasteiger partial charge in [0.15, 0.2) is 0 Å². The Morgan fingerprint density at radius 1 is 1.12 bits per heavy atom. The number of hydrogen-bond donors (Lipinski definition) is 3. The van der Waals surface area contributed by atoms with Gasteiger partial charge >= 0.3 is 0 Å². The Bertz CT molecular complexity index is 1070. The molecule has 4 rings (SSSR count). The van der Waals surface area contributed by atoms with Crippen molar-refractivity contribution >= 4 is 23.2 Å². The number of halogens is 1. The van der Waals surface area contributed by atoms with Crippen molar-refractivity contribution in [3.05, 3.63) is 70.6 Å². The molecule has 180 valence electrons. The third kappa shape index (κ3) is 6.61. The van der Waals surface area contributed by atoms with Crippen LogP contribution in [0.4, 0.5) is 5.69 Å². The van der Waals surface area contributed by atoms with E-state index in [4.69, 9.17) is 21.0 Å². The lowest BCUT2D eigenvalue weighted by Crippen LogP contribution is -2.44. The first kappa shape index (κ1) is 24.3. The first-order valence-electron chi connectivity index (χ1n) is 12.0. The van der Waals surface area contributed by atoms with Gasteiger partial charge in [-0.3, -0.25) is 4.79 Å². The average Bonchev–Trinajstić information content (AvgIpc) is 3.21. The highest BCUT2D eigenvalue weighted by atomic mass is 35.5. The summed E-state index contributed by atoms with van der Waals surface area (Å²) in [5.74, 6) is 1.56. The number of benzene rings is 2. The molecule has 6 nitrogen and oxygen atoms in total. The van der Waals surface area contributed by atoms with Gasteiger partial charge in [0.2, 0.25) is 11.8 Å². The van der Waals surface area contributed by atoms with Gasteiger partial charge in [0, 0.05) is 41.2 Å². The maximum absolute atomic E-state index is 13.0. The Morgan fingerprint density at radius 2 is 1.82 bits per heavy atom. The zero-order chi connectivity index (χ0) is 23.9. The lowest BCUT2D eigenvalue weighted by molar-refractivity contribution is -0.126. The second-order valence-corrected chi connectivity index (χ2v) is 9.48. The number of anilines is 1. The molecule has 0 bridgehead atoms. The second-order valence-electron chi connectivity index (χ2n) is 9.04. The summed E-state index contributed by atoms with van der Waals surface area (Å²) in [5.41, 5.74) is 4.07. The quantitative estimate of drug-likeness (QED) is 0.395. The molecule has 0 radical (unpaired) electrons. The molecule has 1 aliphatic rings. The Hall–Kier alpha value is -2.83. The molecular weight excluding hydrogens is 448 g/mol. The number of nitrogens with zero attached hydrogens (tertiary/aromatic N) is 1. The molecule has 0 saturated carbocycles. The third-order valence-corrected chi connectivity index (χ3v) is 6.61. The highest BCUT2D eigenvalue weighted by Gasteiger charge is 2.24. The third-order valence-electron chi connectivity index (χ3n) is 6.35. The monoisotopic (exact) mass is 480 g/mol. The molecule has 1 unspecified atom stereocenters. The fourth-order valence-electron chi connectivity index (χ4n) is 4.26. The molecule has 3 N–H and O–H groups in total. The van der Waals surface area contributed by atoms with Crippen molar-refractivity contribution in [3.8, 4) is 11.5 Å². The molecule has 1 aromatic heterocycles. The molecule has 1 aliphatic heterocycles. The van der Waals surface area contributed by atoms with Crippen LogP contribution < -0.4 is 16.0 Å². The van der Waals surface area contributed by atoms with Crippen LogP contribution >= 0.6 is 11.6 Å². The predicted octanol–water partition coefficient (Wildman–Crippen LogP) is 5.14. The summed E-state index contributed by atoms with van der Waals surface area (Å²) in [5, 5.41) is 10.8. The average molecular weight is 481 g/mol. The Kier molecular flexibility index (Phi) is 8.25. The second kappa shape index (κ2) is 11.5. The SMILES string of the molecule is Cc1ccc(NCCC(Cc2nc(-c3ccc(Cl)cc3)oc2C)NC(=O)C2CCNCC2)cc1. The lowest BCUT2D eigenvalue weighted by atomic mass is 9.96. The molecule has 2 heterocycles. The van der Waals surface area contributed by atoms with Crippen molar-refractivity contribution in [1.82, 2.24) is 15.6 Å². The molecule has 2 aromatic carbocycles. The highest BCUT2D eigenvalue weighted by Crippen LogP contribution is 2.24. The van der Waals surface area contributed by atoms with Crippen LogP contribution in [0.1, 0.15) is 36.3 Å². The van der Waals surface area contributed by atoms with Crippen molar-refractivity contribution < 1.29 is 9.21 Å². The largest absolute Gasteiger partial charge is 0.441 e. The van der Waals surface area contributed by atoms with E-state index in [1.807, 2.05) is 31.2 Å². The van der Waals surface area contributed by atoms with Gasteiger partial charge in [-0.1, -0.05) is 29.3 Å². The minimum atomic E-state index is -0.0396. The van der Waals surface area contributed by atoms with Crippen LogP contribution in [-0.2, 0) is 11.2 Å². The Balaban J connectivity index is 1.44. The van der Waals surface area contributed by atoms with Gasteiger partial charge in [-0.25, -0.2) is 4.98 Å². The number of carbonyl (C=O) groups excluding carboxylic acids is 1. The minimum Gasteiger partial charge on any atom is -0.441 e. The van der Waals surface area contributed by atoms with Crippen LogP contribution in [-0.4, -0.2) is 36.6 Å².